The average molecular weight is 442 g/mol. The van der Waals surface area contributed by atoms with Gasteiger partial charge in [-0.25, -0.2) is 4.57 Å². The number of nitrogens with zero attached hydrogens (tertiary/aromatic N) is 2. The van der Waals surface area contributed by atoms with Crippen LogP contribution in [0.15, 0.2) is 85.1 Å². The normalized spacial score (nSPS) is 11.7. The van der Waals surface area contributed by atoms with Crippen LogP contribution in [0.2, 0.25) is 0 Å². The minimum Gasteiger partial charge on any atom is -0.309 e. The highest BCUT2D eigenvalue weighted by atomic mass is 15.0. The zero-order chi connectivity index (χ0) is 23.6. The Morgan fingerprint density at radius 2 is 1.26 bits per heavy atom. The predicted molar refractivity (Wildman–Crippen MR) is 144 cm³/mol. The summed E-state index contributed by atoms with van der Waals surface area (Å²) in [5.74, 6) is 0. The maximum atomic E-state index is 2.41. The number of hydrogen-bond acceptors (Lipinski definition) is 0. The summed E-state index contributed by atoms with van der Waals surface area (Å²) in [6, 6.07) is 29.0. The predicted octanol–water partition coefficient (Wildman–Crippen LogP) is 7.66. The van der Waals surface area contributed by atoms with E-state index in [0.29, 0.717) is 0 Å². The third-order valence-corrected chi connectivity index (χ3v) is 7.33. The van der Waals surface area contributed by atoms with Gasteiger partial charge >= 0.3 is 0 Å². The highest BCUT2D eigenvalue weighted by Gasteiger charge is 2.21. The van der Waals surface area contributed by atoms with E-state index in [0.717, 1.165) is 0 Å². The van der Waals surface area contributed by atoms with E-state index in [1.54, 1.807) is 0 Å². The van der Waals surface area contributed by atoms with Crippen molar-refractivity contribution in [3.63, 3.8) is 0 Å². The smallest absolute Gasteiger partial charge is 0.220 e. The molecule has 0 saturated carbocycles. The van der Waals surface area contributed by atoms with Crippen molar-refractivity contribution in [1.82, 2.24) is 4.57 Å². The van der Waals surface area contributed by atoms with Crippen molar-refractivity contribution < 1.29 is 4.57 Å². The Kier molecular flexibility index (Phi) is 4.60. The van der Waals surface area contributed by atoms with E-state index in [-0.39, 0.29) is 0 Å². The molecule has 0 amide bonds. The molecule has 0 unspecified atom stereocenters. The summed E-state index contributed by atoms with van der Waals surface area (Å²) in [6.45, 7) is 8.86. The lowest BCUT2D eigenvalue weighted by Gasteiger charge is -2.14. The molecule has 34 heavy (non-hydrogen) atoms. The number of para-hydroxylation sites is 2. The molecule has 0 spiro atoms. The number of aryl methyl sites for hydroxylation is 4. The number of fused-ring (bicyclic) bond motifs is 4. The molecule has 0 radical (unpaired) electrons. The van der Waals surface area contributed by atoms with Crippen LogP contribution in [-0.2, 0) is 7.05 Å². The maximum Gasteiger partial charge on any atom is 0.220 e. The molecule has 0 bridgehead atoms. The summed E-state index contributed by atoms with van der Waals surface area (Å²) in [4.78, 5) is 0. The molecule has 4 aromatic carbocycles. The molecular weight excluding hydrogens is 412 g/mol. The topological polar surface area (TPSA) is 8.81 Å². The number of rotatable bonds is 2. The number of hydrogen-bond donors (Lipinski definition) is 0. The van der Waals surface area contributed by atoms with Crippen LogP contribution >= 0.6 is 0 Å². The van der Waals surface area contributed by atoms with Crippen LogP contribution in [0.5, 0.6) is 0 Å². The molecule has 0 aliphatic rings. The Morgan fingerprint density at radius 3 is 1.94 bits per heavy atom. The van der Waals surface area contributed by atoms with Crippen LogP contribution < -0.4 is 4.57 Å². The van der Waals surface area contributed by atoms with Crippen molar-refractivity contribution in [1.29, 1.82) is 0 Å². The van der Waals surface area contributed by atoms with Crippen LogP contribution in [0.4, 0.5) is 0 Å². The van der Waals surface area contributed by atoms with Gasteiger partial charge in [-0.05, 0) is 74.5 Å². The lowest BCUT2D eigenvalue weighted by atomic mass is 9.93. The van der Waals surface area contributed by atoms with E-state index in [4.69, 9.17) is 0 Å². The van der Waals surface area contributed by atoms with Gasteiger partial charge in [0.1, 0.15) is 7.05 Å². The van der Waals surface area contributed by atoms with Crippen LogP contribution in [-0.4, -0.2) is 4.57 Å². The van der Waals surface area contributed by atoms with Crippen molar-refractivity contribution >= 4 is 32.6 Å². The fourth-order valence-corrected chi connectivity index (χ4v) is 5.65. The summed E-state index contributed by atoms with van der Waals surface area (Å²) in [5, 5.41) is 5.17. The van der Waals surface area contributed by atoms with Gasteiger partial charge in [-0.1, -0.05) is 54.1 Å². The van der Waals surface area contributed by atoms with Crippen molar-refractivity contribution in [2.45, 2.75) is 27.7 Å². The van der Waals surface area contributed by atoms with Crippen LogP contribution in [0.25, 0.3) is 49.5 Å². The molecule has 2 heterocycles. The largest absolute Gasteiger partial charge is 0.309 e. The Morgan fingerprint density at radius 1 is 0.618 bits per heavy atom. The van der Waals surface area contributed by atoms with Gasteiger partial charge in [-0.15, -0.1) is 0 Å². The lowest BCUT2D eigenvalue weighted by molar-refractivity contribution is -0.659. The molecule has 6 aromatic rings. The molecule has 0 atom stereocenters. The number of benzene rings is 4. The van der Waals surface area contributed by atoms with Crippen LogP contribution in [0.1, 0.15) is 22.3 Å². The van der Waals surface area contributed by atoms with Gasteiger partial charge in [-0.2, -0.15) is 0 Å². The molecule has 2 heteroatoms. The maximum absolute atomic E-state index is 2.41. The monoisotopic (exact) mass is 441 g/mol. The second kappa shape index (κ2) is 7.56. The molecule has 0 saturated heterocycles. The Labute approximate surface area is 200 Å². The van der Waals surface area contributed by atoms with E-state index in [2.05, 4.69) is 129 Å². The molecule has 0 N–H and O–H groups in total. The van der Waals surface area contributed by atoms with E-state index < -0.39 is 0 Å². The zero-order valence-corrected chi connectivity index (χ0v) is 20.5. The molecule has 0 fully saturated rings. The first-order valence-electron chi connectivity index (χ1n) is 11.9. The average Bonchev–Trinajstić information content (AvgIpc) is 3.16. The summed E-state index contributed by atoms with van der Waals surface area (Å²) >= 11 is 0. The molecule has 0 aliphatic carbocycles. The van der Waals surface area contributed by atoms with E-state index in [9.17, 15) is 0 Å². The third-order valence-electron chi connectivity index (χ3n) is 7.33. The second-order valence-electron chi connectivity index (χ2n) is 9.63. The molecule has 2 nitrogen and oxygen atoms in total. The summed E-state index contributed by atoms with van der Waals surface area (Å²) in [6.07, 6.45) is 2.26. The fourth-order valence-electron chi connectivity index (χ4n) is 5.65. The lowest BCUT2D eigenvalue weighted by Crippen LogP contribution is -2.31. The molecule has 6 rings (SSSR count). The Bertz CT molecular complexity index is 1700. The Balaban J connectivity index is 1.74. The first-order chi connectivity index (χ1) is 16.4. The van der Waals surface area contributed by atoms with Crippen molar-refractivity contribution in [2.75, 3.05) is 0 Å². The number of aromatic nitrogens is 2. The highest BCUT2D eigenvalue weighted by molar-refractivity contribution is 6.09. The van der Waals surface area contributed by atoms with Gasteiger partial charge in [0.15, 0.2) is 6.20 Å². The van der Waals surface area contributed by atoms with E-state index >= 15 is 0 Å². The first kappa shape index (κ1) is 20.7. The van der Waals surface area contributed by atoms with Crippen LogP contribution in [0, 0.1) is 27.7 Å². The third kappa shape index (κ3) is 2.99. The summed E-state index contributed by atoms with van der Waals surface area (Å²) in [7, 11) is 2.17. The fraction of sp³-hybridized carbons (Fsp3) is 0.156. The van der Waals surface area contributed by atoms with Gasteiger partial charge < -0.3 is 4.57 Å². The van der Waals surface area contributed by atoms with E-state index in [1.807, 2.05) is 0 Å². The SMILES string of the molecule is Cc1cc(C)c(C)c(-c2c3cc(-n4c5ccccc5c5ccccc54)ccc3c(C)c[n+]2C)c1. The number of pyridine rings is 1. The van der Waals surface area contributed by atoms with Gasteiger partial charge in [-0.3, -0.25) is 0 Å². The Hall–Kier alpha value is -3.91. The molecule has 2 aromatic heterocycles. The minimum atomic E-state index is 1.19. The van der Waals surface area contributed by atoms with Crippen molar-refractivity contribution in [3.8, 4) is 16.9 Å². The standard InChI is InChI=1S/C32H29N2/c1-20-16-21(2)23(4)28(17-20)32-29-18-24(14-15-25(29)22(3)19-33(32)5)34-30-12-8-6-10-26(30)27-11-7-9-13-31(27)34/h6-19H,1-5H3/q+1. The highest BCUT2D eigenvalue weighted by Crippen LogP contribution is 2.36. The summed E-state index contributed by atoms with van der Waals surface area (Å²) in [5.41, 5.74) is 11.5. The summed E-state index contributed by atoms with van der Waals surface area (Å²) < 4.78 is 4.71. The zero-order valence-electron chi connectivity index (χ0n) is 20.5. The van der Waals surface area contributed by atoms with Crippen molar-refractivity contribution in [3.05, 3.63) is 107 Å². The van der Waals surface area contributed by atoms with Gasteiger partial charge in [0.25, 0.3) is 0 Å². The first-order valence-corrected chi connectivity index (χ1v) is 11.9. The quantitative estimate of drug-likeness (QED) is 0.244. The molecule has 166 valence electrons. The van der Waals surface area contributed by atoms with Crippen molar-refractivity contribution in [2.24, 2.45) is 7.05 Å². The second-order valence-corrected chi connectivity index (χ2v) is 9.63. The van der Waals surface area contributed by atoms with Gasteiger partial charge in [0.2, 0.25) is 5.69 Å². The van der Waals surface area contributed by atoms with Gasteiger partial charge in [0, 0.05) is 22.0 Å². The minimum absolute atomic E-state index is 1.19. The molecule has 0 aliphatic heterocycles. The van der Waals surface area contributed by atoms with Crippen LogP contribution in [0.3, 0.4) is 0 Å². The van der Waals surface area contributed by atoms with Gasteiger partial charge in [0.05, 0.1) is 22.0 Å². The molecular formula is C32H29N2+. The van der Waals surface area contributed by atoms with E-state index in [1.165, 1.54) is 71.8 Å².